The summed E-state index contributed by atoms with van der Waals surface area (Å²) in [5.41, 5.74) is 5.77. The molecular weight excluding hydrogens is 393 g/mol. The first kappa shape index (κ1) is 20.5. The maximum absolute atomic E-state index is 12.3. The zero-order valence-electron chi connectivity index (χ0n) is 14.3. The van der Waals surface area contributed by atoms with Crippen LogP contribution >= 0.6 is 23.2 Å². The molecule has 0 saturated heterocycles. The van der Waals surface area contributed by atoms with Crippen LogP contribution in [0.15, 0.2) is 42.5 Å². The molecule has 0 aliphatic carbocycles. The van der Waals surface area contributed by atoms with E-state index in [4.69, 9.17) is 33.7 Å². The van der Waals surface area contributed by atoms with Gasteiger partial charge in [0, 0.05) is 16.3 Å². The van der Waals surface area contributed by atoms with Gasteiger partial charge in [-0.3, -0.25) is 14.4 Å². The average Bonchev–Trinajstić information content (AvgIpc) is 2.62. The number of hydrogen-bond acceptors (Lipinski definition) is 4. The molecule has 0 radical (unpaired) electrons. The van der Waals surface area contributed by atoms with Gasteiger partial charge in [0.15, 0.2) is 6.10 Å². The molecule has 1 atom stereocenters. The molecule has 2 rings (SSSR count). The van der Waals surface area contributed by atoms with Gasteiger partial charge < -0.3 is 21.1 Å². The molecule has 1 unspecified atom stereocenters. The van der Waals surface area contributed by atoms with Crippen LogP contribution in [-0.2, 0) is 9.59 Å². The number of carbonyl (C=O) groups excluding carboxylic acids is 3. The van der Waals surface area contributed by atoms with Gasteiger partial charge in [-0.15, -0.1) is 0 Å². The van der Waals surface area contributed by atoms with Crippen LogP contribution in [0.1, 0.15) is 17.3 Å². The molecule has 0 heterocycles. The Morgan fingerprint density at radius 2 is 1.78 bits per heavy atom. The number of ether oxygens (including phenoxy) is 1. The molecule has 3 amide bonds. The van der Waals surface area contributed by atoms with Crippen molar-refractivity contribution in [2.45, 2.75) is 13.0 Å². The van der Waals surface area contributed by atoms with Gasteiger partial charge >= 0.3 is 0 Å². The van der Waals surface area contributed by atoms with Crippen molar-refractivity contribution in [3.8, 4) is 5.75 Å². The third kappa shape index (κ3) is 6.16. The van der Waals surface area contributed by atoms with Crippen molar-refractivity contribution in [3.05, 3.63) is 58.1 Å². The standard InChI is InChI=1S/C18H17Cl2N3O4/c1-10(27-15-7-4-12(19)8-14(15)20)17(25)23-13-5-2-11(3-6-13)18(26)22-9-16(21)24/h2-8,10H,9H2,1H3,(H2,21,24)(H,22,26)(H,23,25). The summed E-state index contributed by atoms with van der Waals surface area (Å²) < 4.78 is 5.54. The number of nitrogens with one attached hydrogen (secondary N) is 2. The van der Waals surface area contributed by atoms with E-state index in [0.717, 1.165) is 0 Å². The van der Waals surface area contributed by atoms with E-state index in [1.54, 1.807) is 31.2 Å². The van der Waals surface area contributed by atoms with E-state index in [0.29, 0.717) is 27.0 Å². The average molecular weight is 410 g/mol. The van der Waals surface area contributed by atoms with Crippen molar-refractivity contribution < 1.29 is 19.1 Å². The summed E-state index contributed by atoms with van der Waals surface area (Å²) in [4.78, 5) is 34.7. The molecule has 2 aromatic carbocycles. The smallest absolute Gasteiger partial charge is 0.265 e. The number of amides is 3. The number of halogens is 2. The molecule has 2 aromatic rings. The van der Waals surface area contributed by atoms with Gasteiger partial charge in [-0.05, 0) is 49.4 Å². The molecule has 142 valence electrons. The fourth-order valence-corrected chi connectivity index (χ4v) is 2.49. The lowest BCUT2D eigenvalue weighted by Gasteiger charge is -2.16. The van der Waals surface area contributed by atoms with Crippen molar-refractivity contribution in [3.63, 3.8) is 0 Å². The largest absolute Gasteiger partial charge is 0.479 e. The van der Waals surface area contributed by atoms with Crippen LogP contribution in [0.4, 0.5) is 5.69 Å². The molecular formula is C18H17Cl2N3O4. The zero-order valence-corrected chi connectivity index (χ0v) is 15.8. The molecule has 0 bridgehead atoms. The van der Waals surface area contributed by atoms with Crippen LogP contribution in [0.5, 0.6) is 5.75 Å². The first-order valence-electron chi connectivity index (χ1n) is 7.85. The number of rotatable bonds is 7. The van der Waals surface area contributed by atoms with Gasteiger partial charge in [0.25, 0.3) is 11.8 Å². The predicted octanol–water partition coefficient (Wildman–Crippen LogP) is 2.61. The lowest BCUT2D eigenvalue weighted by atomic mass is 10.2. The second-order valence-corrected chi connectivity index (χ2v) is 6.39. The number of nitrogens with two attached hydrogens (primary N) is 1. The fraction of sp³-hybridized carbons (Fsp3) is 0.167. The molecule has 0 fully saturated rings. The molecule has 0 aliphatic heterocycles. The van der Waals surface area contributed by atoms with Crippen LogP contribution in [0, 0.1) is 0 Å². The predicted molar refractivity (Wildman–Crippen MR) is 103 cm³/mol. The highest BCUT2D eigenvalue weighted by atomic mass is 35.5. The minimum atomic E-state index is -0.817. The van der Waals surface area contributed by atoms with Crippen LogP contribution in [0.3, 0.4) is 0 Å². The van der Waals surface area contributed by atoms with Crippen LogP contribution in [0.25, 0.3) is 0 Å². The lowest BCUT2D eigenvalue weighted by Crippen LogP contribution is -2.33. The van der Waals surface area contributed by atoms with Crippen molar-refractivity contribution >= 4 is 46.6 Å². The van der Waals surface area contributed by atoms with E-state index in [-0.39, 0.29) is 6.54 Å². The van der Waals surface area contributed by atoms with Crippen molar-refractivity contribution in [1.82, 2.24) is 5.32 Å². The Labute approximate surface area is 165 Å². The number of carbonyl (C=O) groups is 3. The van der Waals surface area contributed by atoms with Gasteiger partial charge in [-0.25, -0.2) is 0 Å². The highest BCUT2D eigenvalue weighted by Gasteiger charge is 2.17. The Morgan fingerprint density at radius 3 is 2.37 bits per heavy atom. The molecule has 7 nitrogen and oxygen atoms in total. The SMILES string of the molecule is CC(Oc1ccc(Cl)cc1Cl)C(=O)Nc1ccc(C(=O)NCC(N)=O)cc1. The number of benzene rings is 2. The summed E-state index contributed by atoms with van der Waals surface area (Å²) in [7, 11) is 0. The second kappa shape index (κ2) is 9.25. The van der Waals surface area contributed by atoms with Crippen molar-refractivity contribution in [1.29, 1.82) is 0 Å². The molecule has 27 heavy (non-hydrogen) atoms. The van der Waals surface area contributed by atoms with Gasteiger partial charge in [0.05, 0.1) is 11.6 Å². The molecule has 4 N–H and O–H groups in total. The Hall–Kier alpha value is -2.77. The quantitative estimate of drug-likeness (QED) is 0.652. The van der Waals surface area contributed by atoms with E-state index >= 15 is 0 Å². The normalized spacial score (nSPS) is 11.4. The highest BCUT2D eigenvalue weighted by molar-refractivity contribution is 6.35. The minimum absolute atomic E-state index is 0.251. The second-order valence-electron chi connectivity index (χ2n) is 5.55. The minimum Gasteiger partial charge on any atom is -0.479 e. The Bertz CT molecular complexity index is 856. The molecule has 9 heteroatoms. The number of hydrogen-bond donors (Lipinski definition) is 3. The Balaban J connectivity index is 1.94. The van der Waals surface area contributed by atoms with E-state index in [2.05, 4.69) is 10.6 Å². The number of primary amides is 1. The van der Waals surface area contributed by atoms with Gasteiger partial charge in [0.2, 0.25) is 5.91 Å². The van der Waals surface area contributed by atoms with Gasteiger partial charge in [-0.1, -0.05) is 23.2 Å². The van der Waals surface area contributed by atoms with E-state index in [1.807, 2.05) is 0 Å². The van der Waals surface area contributed by atoms with E-state index < -0.39 is 23.8 Å². The molecule has 0 aliphatic rings. The van der Waals surface area contributed by atoms with Crippen LogP contribution in [-0.4, -0.2) is 30.4 Å². The Morgan fingerprint density at radius 1 is 1.11 bits per heavy atom. The van der Waals surface area contributed by atoms with E-state index in [9.17, 15) is 14.4 Å². The fourth-order valence-electron chi connectivity index (χ4n) is 2.03. The van der Waals surface area contributed by atoms with Crippen LogP contribution in [0.2, 0.25) is 10.0 Å². The van der Waals surface area contributed by atoms with Crippen LogP contribution < -0.4 is 21.1 Å². The highest BCUT2D eigenvalue weighted by Crippen LogP contribution is 2.28. The van der Waals surface area contributed by atoms with Crippen molar-refractivity contribution in [2.75, 3.05) is 11.9 Å². The molecule has 0 aromatic heterocycles. The summed E-state index contributed by atoms with van der Waals surface area (Å²) in [5, 5.41) is 5.80. The molecule has 0 spiro atoms. The number of anilines is 1. The van der Waals surface area contributed by atoms with Crippen molar-refractivity contribution in [2.24, 2.45) is 5.73 Å². The molecule has 0 saturated carbocycles. The monoisotopic (exact) mass is 409 g/mol. The maximum atomic E-state index is 12.3. The Kier molecular flexibility index (Phi) is 7.04. The lowest BCUT2D eigenvalue weighted by molar-refractivity contribution is -0.122. The maximum Gasteiger partial charge on any atom is 0.265 e. The first-order chi connectivity index (χ1) is 12.8. The third-order valence-corrected chi connectivity index (χ3v) is 3.94. The first-order valence-corrected chi connectivity index (χ1v) is 8.61. The van der Waals surface area contributed by atoms with E-state index in [1.165, 1.54) is 18.2 Å². The summed E-state index contributed by atoms with van der Waals surface area (Å²) >= 11 is 11.8. The third-order valence-electron chi connectivity index (χ3n) is 3.40. The zero-order chi connectivity index (χ0) is 20.0. The topological polar surface area (TPSA) is 111 Å². The summed E-state index contributed by atoms with van der Waals surface area (Å²) in [5.74, 6) is -1.14. The summed E-state index contributed by atoms with van der Waals surface area (Å²) in [6.07, 6.45) is -0.817. The van der Waals surface area contributed by atoms with Gasteiger partial charge in [-0.2, -0.15) is 0 Å². The summed E-state index contributed by atoms with van der Waals surface area (Å²) in [6, 6.07) is 10.8. The van der Waals surface area contributed by atoms with Gasteiger partial charge in [0.1, 0.15) is 5.75 Å². The summed E-state index contributed by atoms with van der Waals surface area (Å²) in [6.45, 7) is 1.32.